The van der Waals surface area contributed by atoms with Gasteiger partial charge in [0.25, 0.3) is 0 Å². The van der Waals surface area contributed by atoms with Crippen LogP contribution in [0.3, 0.4) is 0 Å². The van der Waals surface area contributed by atoms with E-state index in [0.717, 1.165) is 28.2 Å². The highest BCUT2D eigenvalue weighted by atomic mass is 15.1. The number of nitrogens with zero attached hydrogens (tertiary/aromatic N) is 2. The summed E-state index contributed by atoms with van der Waals surface area (Å²) in [5.41, 5.74) is 4.29. The maximum Gasteiger partial charge on any atom is 0.155 e. The summed E-state index contributed by atoms with van der Waals surface area (Å²) in [6.07, 6.45) is 2.09. The Morgan fingerprint density at radius 3 is 2.65 bits per heavy atom. The number of hydrogen-bond donors (Lipinski definition) is 2. The van der Waals surface area contributed by atoms with Crippen molar-refractivity contribution in [3.8, 4) is 11.5 Å². The van der Waals surface area contributed by atoms with Crippen LogP contribution in [-0.2, 0) is 7.05 Å². The molecular weight excluding hydrogens is 248 g/mol. The van der Waals surface area contributed by atoms with Crippen molar-refractivity contribution in [1.29, 1.82) is 0 Å². The number of hydrogen-bond acceptors (Lipinski definition) is 2. The molecule has 0 unspecified atom stereocenters. The van der Waals surface area contributed by atoms with E-state index in [1.165, 1.54) is 0 Å². The average Bonchev–Trinajstić information content (AvgIpc) is 2.90. The third kappa shape index (κ3) is 2.41. The van der Waals surface area contributed by atoms with Crippen molar-refractivity contribution in [3.63, 3.8) is 0 Å². The van der Waals surface area contributed by atoms with Crippen LogP contribution >= 0.6 is 0 Å². The monoisotopic (exact) mass is 268 g/mol. The molecule has 4 nitrogen and oxygen atoms in total. The topological polar surface area (TPSA) is 45.6 Å². The van der Waals surface area contributed by atoms with E-state index in [9.17, 15) is 0 Å². The van der Waals surface area contributed by atoms with Crippen LogP contribution in [-0.4, -0.2) is 20.1 Å². The highest BCUT2D eigenvalue weighted by molar-refractivity contribution is 5.79. The van der Waals surface area contributed by atoms with E-state index in [1.807, 2.05) is 31.3 Å². The molecule has 0 aliphatic carbocycles. The number of anilines is 1. The van der Waals surface area contributed by atoms with Gasteiger partial charge in [-0.05, 0) is 39.0 Å². The predicted molar refractivity (Wildman–Crippen MR) is 83.9 cm³/mol. The van der Waals surface area contributed by atoms with Gasteiger partial charge in [-0.1, -0.05) is 12.1 Å². The average molecular weight is 268 g/mol. The maximum atomic E-state index is 4.65. The zero-order valence-corrected chi connectivity index (χ0v) is 12.4. The van der Waals surface area contributed by atoms with Gasteiger partial charge in [0.05, 0.1) is 22.4 Å². The quantitative estimate of drug-likeness (QED) is 0.743. The molecular formula is C16H20N4. The Morgan fingerprint density at radius 2 is 1.95 bits per heavy atom. The van der Waals surface area contributed by atoms with E-state index in [-0.39, 0.29) is 5.54 Å². The van der Waals surface area contributed by atoms with Gasteiger partial charge in [0.1, 0.15) is 0 Å². The summed E-state index contributed by atoms with van der Waals surface area (Å²) in [6.45, 7) is 6.46. The van der Waals surface area contributed by atoms with Crippen LogP contribution in [0.25, 0.3) is 22.6 Å². The molecule has 0 fully saturated rings. The van der Waals surface area contributed by atoms with Gasteiger partial charge in [-0.3, -0.25) is 0 Å². The lowest BCUT2D eigenvalue weighted by molar-refractivity contribution is 0.634. The van der Waals surface area contributed by atoms with Gasteiger partial charge < -0.3 is 14.9 Å². The minimum absolute atomic E-state index is 0.0481. The van der Waals surface area contributed by atoms with E-state index < -0.39 is 0 Å². The molecule has 0 aliphatic heterocycles. The van der Waals surface area contributed by atoms with Crippen LogP contribution in [0.5, 0.6) is 0 Å². The van der Waals surface area contributed by atoms with E-state index >= 15 is 0 Å². The molecule has 2 aromatic heterocycles. The molecule has 4 heteroatoms. The van der Waals surface area contributed by atoms with Crippen molar-refractivity contribution in [2.24, 2.45) is 7.05 Å². The van der Waals surface area contributed by atoms with Gasteiger partial charge in [0.2, 0.25) is 0 Å². The lowest BCUT2D eigenvalue weighted by atomic mass is 10.1. The van der Waals surface area contributed by atoms with Gasteiger partial charge in [0.15, 0.2) is 5.82 Å². The molecule has 3 aromatic rings. The summed E-state index contributed by atoms with van der Waals surface area (Å²) in [6, 6.07) is 10.2. The largest absolute Gasteiger partial charge is 0.379 e. The number of aryl methyl sites for hydroxylation is 1. The molecule has 0 saturated carbocycles. The number of para-hydroxylation sites is 2. The summed E-state index contributed by atoms with van der Waals surface area (Å²) in [5.74, 6) is 0.899. The first-order valence-electron chi connectivity index (χ1n) is 6.82. The van der Waals surface area contributed by atoms with Crippen LogP contribution in [0.1, 0.15) is 20.8 Å². The summed E-state index contributed by atoms with van der Waals surface area (Å²) in [7, 11) is 2.04. The highest BCUT2D eigenvalue weighted by Crippen LogP contribution is 2.25. The molecule has 3 rings (SSSR count). The van der Waals surface area contributed by atoms with Crippen LogP contribution in [0.4, 0.5) is 5.69 Å². The Kier molecular flexibility index (Phi) is 2.82. The molecule has 2 heterocycles. The highest BCUT2D eigenvalue weighted by Gasteiger charge is 2.14. The number of aromatic nitrogens is 3. The Morgan fingerprint density at radius 1 is 1.20 bits per heavy atom. The molecule has 0 saturated heterocycles. The van der Waals surface area contributed by atoms with E-state index in [2.05, 4.69) is 52.9 Å². The minimum atomic E-state index is 0.0481. The summed E-state index contributed by atoms with van der Waals surface area (Å²) in [5, 5.41) is 3.48. The fourth-order valence-electron chi connectivity index (χ4n) is 2.38. The lowest BCUT2D eigenvalue weighted by Crippen LogP contribution is -2.25. The normalized spacial score (nSPS) is 12.0. The number of rotatable bonds is 2. The third-order valence-corrected chi connectivity index (χ3v) is 3.16. The number of aromatic amines is 1. The fraction of sp³-hybridized carbons (Fsp3) is 0.312. The summed E-state index contributed by atoms with van der Waals surface area (Å²) < 4.78 is 2.09. The van der Waals surface area contributed by atoms with Gasteiger partial charge in [0, 0.05) is 18.8 Å². The van der Waals surface area contributed by atoms with Crippen LogP contribution < -0.4 is 5.32 Å². The van der Waals surface area contributed by atoms with Crippen LogP contribution in [0.15, 0.2) is 36.5 Å². The second kappa shape index (κ2) is 4.40. The zero-order valence-electron chi connectivity index (χ0n) is 12.4. The molecule has 0 atom stereocenters. The van der Waals surface area contributed by atoms with Crippen molar-refractivity contribution < 1.29 is 0 Å². The van der Waals surface area contributed by atoms with Crippen molar-refractivity contribution in [2.45, 2.75) is 26.3 Å². The molecule has 20 heavy (non-hydrogen) atoms. The number of imidazole rings is 1. The molecule has 1 aromatic carbocycles. The van der Waals surface area contributed by atoms with Gasteiger partial charge in [-0.25, -0.2) is 4.98 Å². The molecule has 104 valence electrons. The van der Waals surface area contributed by atoms with Gasteiger partial charge in [-0.15, -0.1) is 0 Å². The smallest absolute Gasteiger partial charge is 0.155 e. The predicted octanol–water partition coefficient (Wildman–Crippen LogP) is 3.78. The van der Waals surface area contributed by atoms with E-state index in [1.54, 1.807) is 0 Å². The number of benzene rings is 1. The zero-order chi connectivity index (χ0) is 14.3. The second-order valence-corrected chi connectivity index (χ2v) is 6.20. The summed E-state index contributed by atoms with van der Waals surface area (Å²) >= 11 is 0. The Balaban J connectivity index is 2.01. The van der Waals surface area contributed by atoms with Gasteiger partial charge >= 0.3 is 0 Å². The number of fused-ring (bicyclic) bond motifs is 1. The van der Waals surface area contributed by atoms with E-state index in [0.29, 0.717) is 0 Å². The Bertz CT molecular complexity index is 710. The van der Waals surface area contributed by atoms with Crippen molar-refractivity contribution >= 4 is 16.7 Å². The van der Waals surface area contributed by atoms with Crippen molar-refractivity contribution in [3.05, 3.63) is 36.5 Å². The molecule has 2 N–H and O–H groups in total. The first-order chi connectivity index (χ1) is 9.42. The standard InChI is InChI=1S/C16H20N4/c1-16(2,3)19-11-9-14(20(4)10-11)15-17-12-7-5-6-8-13(12)18-15/h5-10,19H,1-4H3,(H,17,18). The Hall–Kier alpha value is -2.23. The lowest BCUT2D eigenvalue weighted by Gasteiger charge is -2.20. The molecule has 0 amide bonds. The molecule has 0 bridgehead atoms. The van der Waals surface area contributed by atoms with Crippen LogP contribution in [0.2, 0.25) is 0 Å². The fourth-order valence-corrected chi connectivity index (χ4v) is 2.38. The number of H-pyrrole nitrogens is 1. The maximum absolute atomic E-state index is 4.65. The number of nitrogens with one attached hydrogen (secondary N) is 2. The first kappa shape index (κ1) is 12.8. The van der Waals surface area contributed by atoms with Crippen molar-refractivity contribution in [1.82, 2.24) is 14.5 Å². The van der Waals surface area contributed by atoms with E-state index in [4.69, 9.17) is 0 Å². The third-order valence-electron chi connectivity index (χ3n) is 3.16. The molecule has 0 radical (unpaired) electrons. The Labute approximate surface area is 118 Å². The second-order valence-electron chi connectivity index (χ2n) is 6.20. The van der Waals surface area contributed by atoms with Gasteiger partial charge in [-0.2, -0.15) is 0 Å². The molecule has 0 aliphatic rings. The minimum Gasteiger partial charge on any atom is -0.379 e. The summed E-state index contributed by atoms with van der Waals surface area (Å²) in [4.78, 5) is 8.02. The molecule has 0 spiro atoms. The first-order valence-corrected chi connectivity index (χ1v) is 6.82. The SMILES string of the molecule is Cn1cc(NC(C)(C)C)cc1-c1nc2ccccc2[nH]1. The van der Waals surface area contributed by atoms with Crippen LogP contribution in [0, 0.1) is 0 Å². The van der Waals surface area contributed by atoms with Crippen molar-refractivity contribution in [2.75, 3.05) is 5.32 Å².